The first-order valence-corrected chi connectivity index (χ1v) is 5.72. The molecule has 0 radical (unpaired) electrons. The number of hydrogen-bond donors (Lipinski definition) is 2. The molecule has 0 atom stereocenters. The zero-order chi connectivity index (χ0) is 12.0. The SMILES string of the molecule is CC(C)CNCC(=O)Nc1ccccc1Cl. The smallest absolute Gasteiger partial charge is 0.238 e. The fourth-order valence-electron chi connectivity index (χ4n) is 1.23. The molecule has 0 fully saturated rings. The van der Waals surface area contributed by atoms with Crippen LogP contribution in [0.15, 0.2) is 24.3 Å². The molecule has 0 aliphatic carbocycles. The minimum atomic E-state index is -0.0752. The second-order valence-electron chi connectivity index (χ2n) is 4.05. The van der Waals surface area contributed by atoms with E-state index in [1.54, 1.807) is 12.1 Å². The van der Waals surface area contributed by atoms with Gasteiger partial charge < -0.3 is 10.6 Å². The molecule has 88 valence electrons. The molecule has 1 aromatic carbocycles. The third-order valence-electron chi connectivity index (χ3n) is 1.99. The molecule has 0 saturated carbocycles. The molecule has 3 nitrogen and oxygen atoms in total. The molecule has 16 heavy (non-hydrogen) atoms. The zero-order valence-electron chi connectivity index (χ0n) is 9.59. The number of halogens is 1. The molecule has 0 spiro atoms. The van der Waals surface area contributed by atoms with Gasteiger partial charge in [-0.1, -0.05) is 37.6 Å². The van der Waals surface area contributed by atoms with Crippen molar-refractivity contribution in [2.24, 2.45) is 5.92 Å². The Balaban J connectivity index is 2.37. The Labute approximate surface area is 101 Å². The molecule has 0 bridgehead atoms. The average Bonchev–Trinajstić information content (AvgIpc) is 2.21. The summed E-state index contributed by atoms with van der Waals surface area (Å²) in [5.41, 5.74) is 0.653. The first-order chi connectivity index (χ1) is 7.59. The van der Waals surface area contributed by atoms with Gasteiger partial charge in [0.2, 0.25) is 5.91 Å². The van der Waals surface area contributed by atoms with Crippen LogP contribution in [0.5, 0.6) is 0 Å². The van der Waals surface area contributed by atoms with Crippen molar-refractivity contribution in [3.63, 3.8) is 0 Å². The van der Waals surface area contributed by atoms with Crippen LogP contribution in [0.4, 0.5) is 5.69 Å². The number of hydrogen-bond acceptors (Lipinski definition) is 2. The summed E-state index contributed by atoms with van der Waals surface area (Å²) in [6.45, 7) is 5.33. The predicted molar refractivity (Wildman–Crippen MR) is 67.8 cm³/mol. The predicted octanol–water partition coefficient (Wildman–Crippen LogP) is 2.52. The van der Waals surface area contributed by atoms with Crippen molar-refractivity contribution in [3.05, 3.63) is 29.3 Å². The lowest BCUT2D eigenvalue weighted by Crippen LogP contribution is -2.30. The molecule has 2 N–H and O–H groups in total. The minimum Gasteiger partial charge on any atom is -0.324 e. The molecule has 0 heterocycles. The van der Waals surface area contributed by atoms with Crippen molar-refractivity contribution in [1.82, 2.24) is 5.32 Å². The van der Waals surface area contributed by atoms with E-state index in [1.165, 1.54) is 0 Å². The normalized spacial score (nSPS) is 10.5. The van der Waals surface area contributed by atoms with Crippen LogP contribution in [-0.4, -0.2) is 19.0 Å². The summed E-state index contributed by atoms with van der Waals surface area (Å²) in [4.78, 5) is 11.5. The molecule has 1 amide bonds. The lowest BCUT2D eigenvalue weighted by atomic mass is 10.2. The van der Waals surface area contributed by atoms with Gasteiger partial charge in [-0.3, -0.25) is 4.79 Å². The van der Waals surface area contributed by atoms with Gasteiger partial charge >= 0.3 is 0 Å². The van der Waals surface area contributed by atoms with E-state index in [0.717, 1.165) is 6.54 Å². The van der Waals surface area contributed by atoms with Gasteiger partial charge in [0, 0.05) is 0 Å². The molecule has 1 aromatic rings. The Kier molecular flexibility index (Phi) is 5.29. The topological polar surface area (TPSA) is 41.1 Å². The maximum atomic E-state index is 11.5. The van der Waals surface area contributed by atoms with Gasteiger partial charge in [0.25, 0.3) is 0 Å². The zero-order valence-corrected chi connectivity index (χ0v) is 10.3. The number of carbonyl (C=O) groups excluding carboxylic acids is 1. The quantitative estimate of drug-likeness (QED) is 0.831. The summed E-state index contributed by atoms with van der Waals surface area (Å²) in [5, 5.41) is 6.38. The Morgan fingerprint density at radius 2 is 2.06 bits per heavy atom. The lowest BCUT2D eigenvalue weighted by Gasteiger charge is -2.09. The van der Waals surface area contributed by atoms with Crippen LogP contribution in [0.25, 0.3) is 0 Å². The molecule has 0 aromatic heterocycles. The van der Waals surface area contributed by atoms with Gasteiger partial charge in [-0.05, 0) is 24.6 Å². The van der Waals surface area contributed by atoms with Crippen molar-refractivity contribution >= 4 is 23.2 Å². The number of carbonyl (C=O) groups is 1. The Bertz CT molecular complexity index is 353. The van der Waals surface area contributed by atoms with Crippen molar-refractivity contribution in [2.75, 3.05) is 18.4 Å². The van der Waals surface area contributed by atoms with E-state index < -0.39 is 0 Å². The summed E-state index contributed by atoms with van der Waals surface area (Å²) in [5.74, 6) is 0.460. The number of benzene rings is 1. The van der Waals surface area contributed by atoms with Crippen LogP contribution in [0.2, 0.25) is 5.02 Å². The highest BCUT2D eigenvalue weighted by Crippen LogP contribution is 2.19. The molecule has 1 rings (SSSR count). The Morgan fingerprint density at radius 1 is 1.38 bits per heavy atom. The maximum absolute atomic E-state index is 11.5. The highest BCUT2D eigenvalue weighted by Gasteiger charge is 2.04. The number of rotatable bonds is 5. The number of nitrogens with one attached hydrogen (secondary N) is 2. The second kappa shape index (κ2) is 6.51. The average molecular weight is 241 g/mol. The molecule has 0 aliphatic rings. The van der Waals surface area contributed by atoms with E-state index in [0.29, 0.717) is 23.2 Å². The largest absolute Gasteiger partial charge is 0.324 e. The monoisotopic (exact) mass is 240 g/mol. The van der Waals surface area contributed by atoms with Gasteiger partial charge in [0.15, 0.2) is 0 Å². The summed E-state index contributed by atoms with van der Waals surface area (Å²) in [6, 6.07) is 7.19. The van der Waals surface area contributed by atoms with Crippen LogP contribution >= 0.6 is 11.6 Å². The van der Waals surface area contributed by atoms with Gasteiger partial charge in [0.05, 0.1) is 17.3 Å². The second-order valence-corrected chi connectivity index (χ2v) is 4.46. The molecule has 0 unspecified atom stereocenters. The van der Waals surface area contributed by atoms with E-state index in [1.807, 2.05) is 12.1 Å². The van der Waals surface area contributed by atoms with Gasteiger partial charge in [-0.2, -0.15) is 0 Å². The molecular weight excluding hydrogens is 224 g/mol. The van der Waals surface area contributed by atoms with E-state index in [2.05, 4.69) is 24.5 Å². The van der Waals surface area contributed by atoms with Crippen LogP contribution in [0.3, 0.4) is 0 Å². The van der Waals surface area contributed by atoms with Crippen molar-refractivity contribution in [3.8, 4) is 0 Å². The Hall–Kier alpha value is -1.06. The van der Waals surface area contributed by atoms with Crippen LogP contribution < -0.4 is 10.6 Å². The summed E-state index contributed by atoms with van der Waals surface area (Å²) >= 11 is 5.92. The molecule has 4 heteroatoms. The third kappa shape index (κ3) is 4.64. The van der Waals surface area contributed by atoms with Gasteiger partial charge in [0.1, 0.15) is 0 Å². The summed E-state index contributed by atoms with van der Waals surface area (Å²) in [6.07, 6.45) is 0. The summed E-state index contributed by atoms with van der Waals surface area (Å²) < 4.78 is 0. The number of anilines is 1. The van der Waals surface area contributed by atoms with E-state index >= 15 is 0 Å². The highest BCUT2D eigenvalue weighted by atomic mass is 35.5. The van der Waals surface area contributed by atoms with Crippen LogP contribution in [-0.2, 0) is 4.79 Å². The lowest BCUT2D eigenvalue weighted by molar-refractivity contribution is -0.115. The van der Waals surface area contributed by atoms with Gasteiger partial charge in [-0.15, -0.1) is 0 Å². The molecular formula is C12H17ClN2O. The Morgan fingerprint density at radius 3 is 2.69 bits per heavy atom. The first-order valence-electron chi connectivity index (χ1n) is 5.34. The minimum absolute atomic E-state index is 0.0752. The third-order valence-corrected chi connectivity index (χ3v) is 2.32. The molecule has 0 saturated heterocycles. The fourth-order valence-corrected chi connectivity index (χ4v) is 1.41. The van der Waals surface area contributed by atoms with E-state index in [-0.39, 0.29) is 5.91 Å². The van der Waals surface area contributed by atoms with E-state index in [9.17, 15) is 4.79 Å². The number of amides is 1. The van der Waals surface area contributed by atoms with Crippen molar-refractivity contribution in [2.45, 2.75) is 13.8 Å². The van der Waals surface area contributed by atoms with Gasteiger partial charge in [-0.25, -0.2) is 0 Å². The first kappa shape index (κ1) is 13.0. The highest BCUT2D eigenvalue weighted by molar-refractivity contribution is 6.33. The fraction of sp³-hybridized carbons (Fsp3) is 0.417. The van der Waals surface area contributed by atoms with Crippen LogP contribution in [0, 0.1) is 5.92 Å². The van der Waals surface area contributed by atoms with Crippen molar-refractivity contribution < 1.29 is 4.79 Å². The van der Waals surface area contributed by atoms with E-state index in [4.69, 9.17) is 11.6 Å². The standard InChI is InChI=1S/C12H17ClN2O/c1-9(2)7-14-8-12(16)15-11-6-4-3-5-10(11)13/h3-6,9,14H,7-8H2,1-2H3,(H,15,16). The van der Waals surface area contributed by atoms with Crippen LogP contribution in [0.1, 0.15) is 13.8 Å². The molecule has 0 aliphatic heterocycles. The summed E-state index contributed by atoms with van der Waals surface area (Å²) in [7, 11) is 0. The number of para-hydroxylation sites is 1. The maximum Gasteiger partial charge on any atom is 0.238 e. The van der Waals surface area contributed by atoms with Crippen molar-refractivity contribution in [1.29, 1.82) is 0 Å².